The van der Waals surface area contributed by atoms with Crippen LogP contribution < -0.4 is 4.65 Å². The van der Waals surface area contributed by atoms with Crippen LogP contribution in [0.2, 0.25) is 0 Å². The SMILES string of the molecule is O=C(O)c1c(F)ccc2c1OB(O)[C@@H](Sc1nnc(C(F)(F)F)s1)C2. The Labute approximate surface area is 146 Å². The highest BCUT2D eigenvalue weighted by atomic mass is 32.2. The summed E-state index contributed by atoms with van der Waals surface area (Å²) in [6, 6.07) is 2.26. The number of benzene rings is 1. The molecule has 0 saturated heterocycles. The van der Waals surface area contributed by atoms with Gasteiger partial charge in [-0.05, 0) is 18.1 Å². The van der Waals surface area contributed by atoms with E-state index in [-0.39, 0.29) is 16.5 Å². The molecule has 0 saturated carbocycles. The molecule has 0 amide bonds. The maximum Gasteiger partial charge on any atom is 0.537 e. The quantitative estimate of drug-likeness (QED) is 0.611. The number of alkyl halides is 3. The lowest BCUT2D eigenvalue weighted by atomic mass is 9.77. The van der Waals surface area contributed by atoms with Crippen LogP contribution in [0.15, 0.2) is 16.5 Å². The second-order valence-corrected chi connectivity index (χ2v) is 7.42. The van der Waals surface area contributed by atoms with E-state index in [1.165, 1.54) is 6.07 Å². The number of aromatic nitrogens is 2. The maximum atomic E-state index is 13.6. The molecule has 0 spiro atoms. The average molecular weight is 394 g/mol. The lowest BCUT2D eigenvalue weighted by Gasteiger charge is -2.27. The summed E-state index contributed by atoms with van der Waals surface area (Å²) in [6.45, 7) is 0. The van der Waals surface area contributed by atoms with Crippen molar-refractivity contribution < 1.29 is 37.1 Å². The Morgan fingerprint density at radius 2 is 2.12 bits per heavy atom. The van der Waals surface area contributed by atoms with Crippen LogP contribution in [0.5, 0.6) is 5.75 Å². The molecule has 0 bridgehead atoms. The van der Waals surface area contributed by atoms with Crippen LogP contribution in [0, 0.1) is 5.82 Å². The Hall–Kier alpha value is -1.86. The summed E-state index contributed by atoms with van der Waals surface area (Å²) in [5, 5.41) is 23.7. The number of nitrogens with zero attached hydrogens (tertiary/aromatic N) is 2. The van der Waals surface area contributed by atoms with Gasteiger partial charge in [0.15, 0.2) is 4.34 Å². The average Bonchev–Trinajstić information content (AvgIpc) is 2.96. The fraction of sp³-hybridized carbons (Fsp3) is 0.250. The minimum Gasteiger partial charge on any atom is -0.535 e. The van der Waals surface area contributed by atoms with E-state index in [2.05, 4.69) is 10.2 Å². The van der Waals surface area contributed by atoms with Crippen molar-refractivity contribution in [2.45, 2.75) is 22.1 Å². The second-order valence-electron chi connectivity index (χ2n) is 4.96. The lowest BCUT2D eigenvalue weighted by Crippen LogP contribution is -2.41. The van der Waals surface area contributed by atoms with Gasteiger partial charge in [0.25, 0.3) is 0 Å². The van der Waals surface area contributed by atoms with Crippen molar-refractivity contribution in [1.82, 2.24) is 10.2 Å². The topological polar surface area (TPSA) is 92.5 Å². The molecule has 1 aromatic carbocycles. The van der Waals surface area contributed by atoms with Crippen LogP contribution in [0.4, 0.5) is 17.6 Å². The van der Waals surface area contributed by atoms with E-state index in [0.717, 1.165) is 17.8 Å². The van der Waals surface area contributed by atoms with E-state index >= 15 is 0 Å². The van der Waals surface area contributed by atoms with Gasteiger partial charge in [-0.3, -0.25) is 0 Å². The first-order chi connectivity index (χ1) is 11.7. The third-order valence-electron chi connectivity index (χ3n) is 3.28. The van der Waals surface area contributed by atoms with Gasteiger partial charge in [0.05, 0.1) is 5.15 Å². The monoisotopic (exact) mass is 394 g/mol. The zero-order valence-electron chi connectivity index (χ0n) is 12.0. The molecule has 2 aromatic rings. The summed E-state index contributed by atoms with van der Waals surface area (Å²) < 4.78 is 56.4. The molecule has 132 valence electrons. The summed E-state index contributed by atoms with van der Waals surface area (Å²) >= 11 is 1.14. The van der Waals surface area contributed by atoms with E-state index in [0.29, 0.717) is 16.9 Å². The van der Waals surface area contributed by atoms with Crippen LogP contribution in [-0.4, -0.2) is 38.6 Å². The van der Waals surface area contributed by atoms with Gasteiger partial charge in [-0.1, -0.05) is 29.2 Å². The number of hydrogen-bond donors (Lipinski definition) is 2. The normalized spacial score (nSPS) is 17.2. The van der Waals surface area contributed by atoms with Crippen molar-refractivity contribution in [1.29, 1.82) is 0 Å². The van der Waals surface area contributed by atoms with Gasteiger partial charge in [0, 0.05) is 0 Å². The molecule has 1 aliphatic rings. The Morgan fingerprint density at radius 3 is 2.72 bits per heavy atom. The Kier molecular flexibility index (Phi) is 4.64. The predicted octanol–water partition coefficient (Wildman–Crippen LogP) is 2.51. The first-order valence-corrected chi connectivity index (χ1v) is 8.33. The van der Waals surface area contributed by atoms with Crippen molar-refractivity contribution in [2.24, 2.45) is 0 Å². The van der Waals surface area contributed by atoms with Crippen molar-refractivity contribution in [3.8, 4) is 5.75 Å². The van der Waals surface area contributed by atoms with Gasteiger partial charge in [-0.25, -0.2) is 9.18 Å². The molecule has 1 aliphatic heterocycles. The number of carbonyl (C=O) groups is 1. The number of hydrogen-bond acceptors (Lipinski definition) is 7. The zero-order valence-corrected chi connectivity index (χ0v) is 13.6. The molecule has 25 heavy (non-hydrogen) atoms. The molecule has 0 unspecified atom stereocenters. The minimum atomic E-state index is -4.61. The Morgan fingerprint density at radius 1 is 1.40 bits per heavy atom. The molecular weight excluding hydrogens is 387 g/mol. The zero-order chi connectivity index (χ0) is 18.4. The van der Waals surface area contributed by atoms with E-state index < -0.39 is 40.8 Å². The number of carboxylic acids is 1. The van der Waals surface area contributed by atoms with Crippen molar-refractivity contribution >= 4 is 36.2 Å². The molecule has 13 heteroatoms. The first-order valence-electron chi connectivity index (χ1n) is 6.63. The van der Waals surface area contributed by atoms with Crippen molar-refractivity contribution in [3.05, 3.63) is 34.1 Å². The molecule has 2 N–H and O–H groups in total. The number of rotatable bonds is 3. The number of thioether (sulfide) groups is 1. The van der Waals surface area contributed by atoms with Gasteiger partial charge in [0.2, 0.25) is 5.01 Å². The number of fused-ring (bicyclic) bond motifs is 1. The van der Waals surface area contributed by atoms with E-state index in [4.69, 9.17) is 9.76 Å². The fourth-order valence-corrected chi connectivity index (χ4v) is 4.24. The molecule has 0 radical (unpaired) electrons. The standard InChI is InChI=1S/C12H7BF4N2O4S2/c14-5-2-1-4-3-6(13(22)23-8(4)7(5)9(20)21)24-11-19-18-10(25-11)12(15,16)17/h1-2,6,22H,3H2,(H,20,21)/t6-/m0/s1. The van der Waals surface area contributed by atoms with E-state index in [9.17, 15) is 27.4 Å². The second kappa shape index (κ2) is 6.46. The number of halogens is 4. The predicted molar refractivity (Wildman–Crippen MR) is 80.2 cm³/mol. The summed E-state index contributed by atoms with van der Waals surface area (Å²) in [7, 11) is -1.55. The third kappa shape index (κ3) is 3.57. The highest BCUT2D eigenvalue weighted by molar-refractivity contribution is 8.02. The summed E-state index contributed by atoms with van der Waals surface area (Å²) in [5.74, 6) is -2.85. The van der Waals surface area contributed by atoms with Gasteiger partial charge in [0.1, 0.15) is 17.1 Å². The fourth-order valence-electron chi connectivity index (χ4n) is 2.21. The summed E-state index contributed by atoms with van der Waals surface area (Å²) in [6.07, 6.45) is -4.55. The van der Waals surface area contributed by atoms with Gasteiger partial charge >= 0.3 is 19.3 Å². The molecule has 6 nitrogen and oxygen atoms in total. The van der Waals surface area contributed by atoms with E-state index in [1.54, 1.807) is 0 Å². The minimum absolute atomic E-state index is 0.0241. The van der Waals surface area contributed by atoms with Crippen molar-refractivity contribution in [2.75, 3.05) is 0 Å². The molecule has 1 aromatic heterocycles. The maximum absolute atomic E-state index is 13.6. The van der Waals surface area contributed by atoms with Crippen LogP contribution in [0.3, 0.4) is 0 Å². The first kappa shape index (κ1) is 18.0. The van der Waals surface area contributed by atoms with Gasteiger partial charge in [-0.2, -0.15) is 13.2 Å². The summed E-state index contributed by atoms with van der Waals surface area (Å²) in [4.78, 5) is 11.1. The molecule has 0 aliphatic carbocycles. The highest BCUT2D eigenvalue weighted by Crippen LogP contribution is 2.40. The Bertz CT molecular complexity index is 832. The van der Waals surface area contributed by atoms with Crippen LogP contribution in [-0.2, 0) is 12.6 Å². The molecule has 1 atom stereocenters. The number of carboxylic acid groups (broad SMARTS) is 1. The van der Waals surface area contributed by atoms with Gasteiger partial charge < -0.3 is 14.8 Å². The molecule has 0 fully saturated rings. The smallest absolute Gasteiger partial charge is 0.535 e. The molecular formula is C12H7BF4N2O4S2. The largest absolute Gasteiger partial charge is 0.537 e. The molecule has 2 heterocycles. The van der Waals surface area contributed by atoms with Crippen molar-refractivity contribution in [3.63, 3.8) is 0 Å². The van der Waals surface area contributed by atoms with E-state index in [1.807, 2.05) is 0 Å². The van der Waals surface area contributed by atoms with Gasteiger partial charge in [-0.15, -0.1) is 10.2 Å². The van der Waals surface area contributed by atoms with Crippen LogP contribution in [0.1, 0.15) is 20.9 Å². The summed E-state index contributed by atoms with van der Waals surface area (Å²) in [5.41, 5.74) is -0.377. The lowest BCUT2D eigenvalue weighted by molar-refractivity contribution is -0.138. The Balaban J connectivity index is 1.84. The third-order valence-corrected chi connectivity index (χ3v) is 5.57. The number of aromatic carboxylic acids is 1. The highest BCUT2D eigenvalue weighted by Gasteiger charge is 2.40. The van der Waals surface area contributed by atoms with Crippen LogP contribution in [0.25, 0.3) is 0 Å². The molecule has 3 rings (SSSR count). The van der Waals surface area contributed by atoms with Crippen LogP contribution >= 0.6 is 23.1 Å².